The maximum atomic E-state index is 5.10. The van der Waals surface area contributed by atoms with E-state index in [0.29, 0.717) is 0 Å². The number of terminal acetylenes is 1. The van der Waals surface area contributed by atoms with Crippen molar-refractivity contribution in [1.29, 1.82) is 0 Å². The van der Waals surface area contributed by atoms with E-state index in [1.165, 1.54) is 0 Å². The largest absolute Gasteiger partial charge is 0.283 e. The van der Waals surface area contributed by atoms with E-state index in [-0.39, 0.29) is 12.4 Å². The molecule has 0 fully saturated rings. The maximum absolute atomic E-state index is 5.10. The van der Waals surface area contributed by atoms with Gasteiger partial charge in [-0.2, -0.15) is 5.10 Å². The zero-order valence-corrected chi connectivity index (χ0v) is 7.24. The van der Waals surface area contributed by atoms with E-state index in [1.54, 1.807) is 0 Å². The van der Waals surface area contributed by atoms with Crippen molar-refractivity contribution in [3.63, 3.8) is 0 Å². The van der Waals surface area contributed by atoms with Crippen LogP contribution in [0.1, 0.15) is 17.8 Å². The highest BCUT2D eigenvalue weighted by atomic mass is 35.5. The fourth-order valence-corrected chi connectivity index (χ4v) is 0.803. The number of rotatable bonds is 2. The zero-order chi connectivity index (χ0) is 7.40. The van der Waals surface area contributed by atoms with Gasteiger partial charge >= 0.3 is 0 Å². The molecular weight excluding hydrogens is 160 g/mol. The summed E-state index contributed by atoms with van der Waals surface area (Å²) >= 11 is 0. The molecule has 0 aliphatic carbocycles. The van der Waals surface area contributed by atoms with Crippen molar-refractivity contribution in [2.75, 3.05) is 0 Å². The summed E-state index contributed by atoms with van der Waals surface area (Å²) in [6, 6.07) is 2.01. The topological polar surface area (TPSA) is 28.7 Å². The summed E-state index contributed by atoms with van der Waals surface area (Å²) in [7, 11) is 0. The number of halogens is 1. The van der Waals surface area contributed by atoms with E-state index in [9.17, 15) is 0 Å². The number of nitrogens with one attached hydrogen (secondary N) is 1. The first-order valence-electron chi connectivity index (χ1n) is 3.27. The van der Waals surface area contributed by atoms with Crippen LogP contribution in [0.4, 0.5) is 0 Å². The Balaban J connectivity index is 0.000001000. The van der Waals surface area contributed by atoms with Crippen LogP contribution in [0.25, 0.3) is 0 Å². The average Bonchev–Trinajstić information content (AvgIpc) is 2.31. The highest BCUT2D eigenvalue weighted by Crippen LogP contribution is 1.99. The summed E-state index contributed by atoms with van der Waals surface area (Å²) in [5.41, 5.74) is 2.14. The van der Waals surface area contributed by atoms with E-state index < -0.39 is 0 Å². The Bertz CT molecular complexity index is 247. The predicted molar refractivity (Wildman–Crippen MR) is 47.7 cm³/mol. The second kappa shape index (κ2) is 4.81. The monoisotopic (exact) mass is 170 g/mol. The predicted octanol–water partition coefficient (Wildman–Crippen LogP) is 1.71. The van der Waals surface area contributed by atoms with Crippen molar-refractivity contribution in [2.45, 2.75) is 19.8 Å². The van der Waals surface area contributed by atoms with Gasteiger partial charge in [-0.15, -0.1) is 24.8 Å². The molecule has 0 bridgehead atoms. The van der Waals surface area contributed by atoms with Crippen LogP contribution in [0, 0.1) is 19.3 Å². The first kappa shape index (κ1) is 10.1. The van der Waals surface area contributed by atoms with Gasteiger partial charge in [0.2, 0.25) is 0 Å². The third-order valence-corrected chi connectivity index (χ3v) is 1.28. The number of nitrogens with zero attached hydrogens (tertiary/aromatic N) is 1. The van der Waals surface area contributed by atoms with Crippen LogP contribution in [-0.4, -0.2) is 10.2 Å². The van der Waals surface area contributed by atoms with Gasteiger partial charge in [-0.3, -0.25) is 5.10 Å². The van der Waals surface area contributed by atoms with E-state index in [0.717, 1.165) is 24.2 Å². The Kier molecular flexibility index (Phi) is 4.40. The first-order valence-corrected chi connectivity index (χ1v) is 3.27. The summed E-state index contributed by atoms with van der Waals surface area (Å²) in [6.07, 6.45) is 6.74. The molecule has 60 valence electrons. The van der Waals surface area contributed by atoms with Crippen molar-refractivity contribution in [3.8, 4) is 12.3 Å². The molecule has 0 radical (unpaired) electrons. The molecule has 0 unspecified atom stereocenters. The molecule has 1 rings (SSSR count). The summed E-state index contributed by atoms with van der Waals surface area (Å²) in [4.78, 5) is 0. The molecule has 0 spiro atoms. The lowest BCUT2D eigenvalue weighted by molar-refractivity contribution is 0.923. The lowest BCUT2D eigenvalue weighted by atomic mass is 10.2. The summed E-state index contributed by atoms with van der Waals surface area (Å²) in [5.74, 6) is 2.57. The minimum Gasteiger partial charge on any atom is -0.283 e. The van der Waals surface area contributed by atoms with Gasteiger partial charge in [-0.25, -0.2) is 0 Å². The molecule has 1 N–H and O–H groups in total. The molecule has 0 amide bonds. The van der Waals surface area contributed by atoms with Crippen molar-refractivity contribution >= 4 is 12.4 Å². The van der Waals surface area contributed by atoms with Crippen LogP contribution in [-0.2, 0) is 6.42 Å². The van der Waals surface area contributed by atoms with Gasteiger partial charge in [0, 0.05) is 18.5 Å². The normalized spacial score (nSPS) is 8.36. The van der Waals surface area contributed by atoms with Crippen molar-refractivity contribution < 1.29 is 0 Å². The number of hydrogen-bond acceptors (Lipinski definition) is 1. The molecule has 0 atom stereocenters. The smallest absolute Gasteiger partial charge is 0.0634 e. The van der Waals surface area contributed by atoms with E-state index in [1.807, 2.05) is 13.0 Å². The second-order valence-corrected chi connectivity index (χ2v) is 2.25. The minimum absolute atomic E-state index is 0. The van der Waals surface area contributed by atoms with Crippen molar-refractivity contribution in [1.82, 2.24) is 10.2 Å². The average molecular weight is 171 g/mol. The lowest BCUT2D eigenvalue weighted by Gasteiger charge is -1.84. The molecule has 0 aromatic carbocycles. The van der Waals surface area contributed by atoms with E-state index in [2.05, 4.69) is 16.1 Å². The van der Waals surface area contributed by atoms with Crippen LogP contribution in [0.5, 0.6) is 0 Å². The lowest BCUT2D eigenvalue weighted by Crippen LogP contribution is -1.82. The number of H-pyrrole nitrogens is 1. The molecule has 0 aliphatic heterocycles. The van der Waals surface area contributed by atoms with Gasteiger partial charge in [0.05, 0.1) is 5.69 Å². The number of aromatic amines is 1. The Morgan fingerprint density at radius 3 is 2.91 bits per heavy atom. The Labute approximate surface area is 72.8 Å². The quantitative estimate of drug-likeness (QED) is 0.673. The fourth-order valence-electron chi connectivity index (χ4n) is 0.803. The van der Waals surface area contributed by atoms with E-state index >= 15 is 0 Å². The maximum Gasteiger partial charge on any atom is 0.0634 e. The molecule has 0 aliphatic rings. The van der Waals surface area contributed by atoms with Crippen molar-refractivity contribution in [3.05, 3.63) is 17.5 Å². The SMILES string of the molecule is C#CCCc1cc(C)[nH]n1.Cl. The molecule has 1 heterocycles. The van der Waals surface area contributed by atoms with Gasteiger partial charge in [0.15, 0.2) is 0 Å². The molecular formula is C8H11ClN2. The highest BCUT2D eigenvalue weighted by molar-refractivity contribution is 5.85. The van der Waals surface area contributed by atoms with Gasteiger partial charge in [-0.1, -0.05) is 0 Å². The number of aryl methyl sites for hydroxylation is 2. The van der Waals surface area contributed by atoms with Crippen LogP contribution in [0.15, 0.2) is 6.07 Å². The standard InChI is InChI=1S/C8H10N2.ClH/c1-3-4-5-8-6-7(2)9-10-8;/h1,6H,4-5H2,2H3,(H,9,10);1H. The Morgan fingerprint density at radius 1 is 1.73 bits per heavy atom. The third kappa shape index (κ3) is 3.10. The summed E-state index contributed by atoms with van der Waals surface area (Å²) in [5, 5.41) is 6.89. The Hall–Kier alpha value is -0.940. The van der Waals surface area contributed by atoms with Gasteiger partial charge in [0.25, 0.3) is 0 Å². The van der Waals surface area contributed by atoms with Gasteiger partial charge in [-0.05, 0) is 13.0 Å². The molecule has 3 heteroatoms. The van der Waals surface area contributed by atoms with Gasteiger partial charge in [0.1, 0.15) is 0 Å². The minimum atomic E-state index is 0. The molecule has 0 saturated heterocycles. The summed E-state index contributed by atoms with van der Waals surface area (Å²) in [6.45, 7) is 1.98. The second-order valence-electron chi connectivity index (χ2n) is 2.25. The molecule has 1 aromatic heterocycles. The van der Waals surface area contributed by atoms with E-state index in [4.69, 9.17) is 6.42 Å². The number of hydrogen-bond donors (Lipinski definition) is 1. The molecule has 1 aromatic rings. The van der Waals surface area contributed by atoms with Crippen LogP contribution >= 0.6 is 12.4 Å². The first-order chi connectivity index (χ1) is 4.83. The van der Waals surface area contributed by atoms with Gasteiger partial charge < -0.3 is 0 Å². The van der Waals surface area contributed by atoms with Crippen LogP contribution in [0.3, 0.4) is 0 Å². The molecule has 11 heavy (non-hydrogen) atoms. The van der Waals surface area contributed by atoms with Crippen LogP contribution in [0.2, 0.25) is 0 Å². The summed E-state index contributed by atoms with van der Waals surface area (Å²) < 4.78 is 0. The van der Waals surface area contributed by atoms with Crippen molar-refractivity contribution in [2.24, 2.45) is 0 Å². The van der Waals surface area contributed by atoms with Crippen LogP contribution < -0.4 is 0 Å². The highest BCUT2D eigenvalue weighted by Gasteiger charge is 1.94. The molecule has 0 saturated carbocycles. The Morgan fingerprint density at radius 2 is 2.45 bits per heavy atom. The molecule has 2 nitrogen and oxygen atoms in total. The zero-order valence-electron chi connectivity index (χ0n) is 6.42. The fraction of sp³-hybridized carbons (Fsp3) is 0.375. The number of aromatic nitrogens is 2. The third-order valence-electron chi connectivity index (χ3n) is 1.28.